The van der Waals surface area contributed by atoms with Gasteiger partial charge in [-0.1, -0.05) is 22.9 Å². The van der Waals surface area contributed by atoms with Gasteiger partial charge in [0.05, 0.1) is 6.61 Å². The third-order valence-electron chi connectivity index (χ3n) is 2.39. The third-order valence-corrected chi connectivity index (χ3v) is 2.79. The third kappa shape index (κ3) is 3.34. The molecule has 1 aromatic rings. The highest BCUT2D eigenvalue weighted by Crippen LogP contribution is 2.20. The normalized spacial score (nSPS) is 10.2. The van der Waals surface area contributed by atoms with Gasteiger partial charge in [-0.2, -0.15) is 0 Å². The number of halogens is 1. The fourth-order valence-electron chi connectivity index (χ4n) is 1.61. The number of hydrogen-bond acceptors (Lipinski definition) is 2. The monoisotopic (exact) mass is 284 g/mol. The SMILES string of the molecule is CCOc1ccc(C(=O)CCBr)c(CC)c1. The van der Waals surface area contributed by atoms with Crippen LogP contribution >= 0.6 is 15.9 Å². The van der Waals surface area contributed by atoms with Gasteiger partial charge in [-0.15, -0.1) is 0 Å². The molecule has 0 amide bonds. The molecule has 0 bridgehead atoms. The van der Waals surface area contributed by atoms with Crippen LogP contribution in [0.2, 0.25) is 0 Å². The Balaban J connectivity index is 2.96. The summed E-state index contributed by atoms with van der Waals surface area (Å²) < 4.78 is 5.42. The Labute approximate surface area is 105 Å². The first-order chi connectivity index (χ1) is 7.72. The maximum absolute atomic E-state index is 11.8. The van der Waals surface area contributed by atoms with E-state index in [1.54, 1.807) is 0 Å². The molecule has 0 aliphatic heterocycles. The topological polar surface area (TPSA) is 26.3 Å². The van der Waals surface area contributed by atoms with Crippen LogP contribution in [0.3, 0.4) is 0 Å². The molecule has 3 heteroatoms. The van der Waals surface area contributed by atoms with E-state index in [4.69, 9.17) is 4.74 Å². The molecule has 2 nitrogen and oxygen atoms in total. The standard InChI is InChI=1S/C13H17BrO2/c1-3-10-9-11(16-4-2)5-6-12(10)13(15)7-8-14/h5-6,9H,3-4,7-8H2,1-2H3. The maximum atomic E-state index is 11.8. The number of ether oxygens (including phenoxy) is 1. The van der Waals surface area contributed by atoms with Crippen LogP contribution < -0.4 is 4.74 Å². The van der Waals surface area contributed by atoms with Gasteiger partial charge in [-0.25, -0.2) is 0 Å². The summed E-state index contributed by atoms with van der Waals surface area (Å²) in [6, 6.07) is 5.70. The summed E-state index contributed by atoms with van der Waals surface area (Å²) in [6.07, 6.45) is 1.39. The molecule has 0 N–H and O–H groups in total. The Morgan fingerprint density at radius 2 is 2.12 bits per heavy atom. The maximum Gasteiger partial charge on any atom is 0.163 e. The van der Waals surface area contributed by atoms with Gasteiger partial charge in [-0.3, -0.25) is 4.79 Å². The molecule has 0 radical (unpaired) electrons. The second-order valence-electron chi connectivity index (χ2n) is 3.47. The molecule has 1 rings (SSSR count). The van der Waals surface area contributed by atoms with Crippen molar-refractivity contribution < 1.29 is 9.53 Å². The molecule has 0 aliphatic carbocycles. The molecule has 16 heavy (non-hydrogen) atoms. The van der Waals surface area contributed by atoms with Crippen LogP contribution in [-0.4, -0.2) is 17.7 Å². The van der Waals surface area contributed by atoms with Crippen molar-refractivity contribution in [3.8, 4) is 5.75 Å². The van der Waals surface area contributed by atoms with Gasteiger partial charge in [0.25, 0.3) is 0 Å². The molecule has 1 aromatic carbocycles. The molecule has 0 saturated heterocycles. The van der Waals surface area contributed by atoms with Gasteiger partial charge in [-0.05, 0) is 37.1 Å². The van der Waals surface area contributed by atoms with Crippen molar-refractivity contribution in [2.24, 2.45) is 0 Å². The lowest BCUT2D eigenvalue weighted by atomic mass is 10.00. The number of benzene rings is 1. The zero-order valence-corrected chi connectivity index (χ0v) is 11.3. The van der Waals surface area contributed by atoms with Crippen molar-refractivity contribution in [2.45, 2.75) is 26.7 Å². The fourth-order valence-corrected chi connectivity index (χ4v) is 1.97. The van der Waals surface area contributed by atoms with Crippen LogP contribution in [0.15, 0.2) is 18.2 Å². The number of Topliss-reactive ketones (excluding diaryl/α,β-unsaturated/α-hetero) is 1. The lowest BCUT2D eigenvalue weighted by molar-refractivity contribution is 0.0989. The first-order valence-electron chi connectivity index (χ1n) is 5.57. The molecule has 0 atom stereocenters. The van der Waals surface area contributed by atoms with E-state index in [0.717, 1.165) is 23.3 Å². The van der Waals surface area contributed by atoms with Crippen LogP contribution in [0.25, 0.3) is 0 Å². The number of carbonyl (C=O) groups excluding carboxylic acids is 1. The van der Waals surface area contributed by atoms with Gasteiger partial charge in [0.15, 0.2) is 5.78 Å². The van der Waals surface area contributed by atoms with Crippen LogP contribution in [0, 0.1) is 0 Å². The van der Waals surface area contributed by atoms with Crippen LogP contribution in [-0.2, 0) is 6.42 Å². The van der Waals surface area contributed by atoms with Crippen molar-refractivity contribution in [2.75, 3.05) is 11.9 Å². The highest BCUT2D eigenvalue weighted by atomic mass is 79.9. The summed E-state index contributed by atoms with van der Waals surface area (Å²) in [4.78, 5) is 11.8. The second-order valence-corrected chi connectivity index (χ2v) is 4.26. The van der Waals surface area contributed by atoms with Gasteiger partial charge in [0.2, 0.25) is 0 Å². The average molecular weight is 285 g/mol. The van der Waals surface area contributed by atoms with Crippen LogP contribution in [0.5, 0.6) is 5.75 Å². The van der Waals surface area contributed by atoms with E-state index in [0.29, 0.717) is 18.4 Å². The molecule has 0 spiro atoms. The van der Waals surface area contributed by atoms with E-state index in [9.17, 15) is 4.79 Å². The molecule has 0 aromatic heterocycles. The zero-order chi connectivity index (χ0) is 12.0. The predicted molar refractivity (Wildman–Crippen MR) is 69.7 cm³/mol. The molecule has 0 fully saturated rings. The Morgan fingerprint density at radius 3 is 2.69 bits per heavy atom. The second kappa shape index (κ2) is 6.69. The van der Waals surface area contributed by atoms with E-state index in [2.05, 4.69) is 22.9 Å². The van der Waals surface area contributed by atoms with Crippen LogP contribution in [0.1, 0.15) is 36.2 Å². The predicted octanol–water partition coefficient (Wildman–Crippen LogP) is 3.62. The van der Waals surface area contributed by atoms with Crippen molar-refractivity contribution in [1.82, 2.24) is 0 Å². The Bertz CT molecular complexity index is 361. The molecule has 0 aliphatic rings. The number of rotatable bonds is 6. The largest absolute Gasteiger partial charge is 0.494 e. The van der Waals surface area contributed by atoms with Gasteiger partial charge in [0, 0.05) is 17.3 Å². The summed E-state index contributed by atoms with van der Waals surface area (Å²) in [5.41, 5.74) is 1.89. The van der Waals surface area contributed by atoms with E-state index in [1.807, 2.05) is 25.1 Å². The minimum absolute atomic E-state index is 0.191. The van der Waals surface area contributed by atoms with Crippen molar-refractivity contribution in [1.29, 1.82) is 0 Å². The Kier molecular flexibility index (Phi) is 5.53. The van der Waals surface area contributed by atoms with E-state index >= 15 is 0 Å². The number of aryl methyl sites for hydroxylation is 1. The highest BCUT2D eigenvalue weighted by molar-refractivity contribution is 9.09. The van der Waals surface area contributed by atoms with Crippen molar-refractivity contribution >= 4 is 21.7 Å². The number of carbonyl (C=O) groups is 1. The first kappa shape index (κ1) is 13.2. The number of hydrogen-bond donors (Lipinski definition) is 0. The minimum Gasteiger partial charge on any atom is -0.494 e. The van der Waals surface area contributed by atoms with Gasteiger partial charge in [0.1, 0.15) is 5.75 Å². The first-order valence-corrected chi connectivity index (χ1v) is 6.70. The van der Waals surface area contributed by atoms with Gasteiger partial charge < -0.3 is 4.74 Å². The molecular formula is C13H17BrO2. The molecule has 0 saturated carbocycles. The Hall–Kier alpha value is -0.830. The smallest absolute Gasteiger partial charge is 0.163 e. The van der Waals surface area contributed by atoms with Crippen molar-refractivity contribution in [3.05, 3.63) is 29.3 Å². The summed E-state index contributed by atoms with van der Waals surface area (Å²) in [5, 5.41) is 0.711. The lowest BCUT2D eigenvalue weighted by Gasteiger charge is -2.09. The van der Waals surface area contributed by atoms with E-state index in [1.165, 1.54) is 0 Å². The average Bonchev–Trinajstić information content (AvgIpc) is 2.29. The fraction of sp³-hybridized carbons (Fsp3) is 0.462. The number of ketones is 1. The van der Waals surface area contributed by atoms with Crippen molar-refractivity contribution in [3.63, 3.8) is 0 Å². The van der Waals surface area contributed by atoms with Crippen LogP contribution in [0.4, 0.5) is 0 Å². The summed E-state index contributed by atoms with van der Waals surface area (Å²) in [5.74, 6) is 1.03. The van der Waals surface area contributed by atoms with E-state index < -0.39 is 0 Å². The summed E-state index contributed by atoms with van der Waals surface area (Å²) in [6.45, 7) is 4.66. The molecule has 0 unspecified atom stereocenters. The summed E-state index contributed by atoms with van der Waals surface area (Å²) in [7, 11) is 0. The highest BCUT2D eigenvalue weighted by Gasteiger charge is 2.10. The van der Waals surface area contributed by atoms with Gasteiger partial charge >= 0.3 is 0 Å². The molecular weight excluding hydrogens is 268 g/mol. The Morgan fingerprint density at radius 1 is 1.38 bits per heavy atom. The zero-order valence-electron chi connectivity index (χ0n) is 9.75. The lowest BCUT2D eigenvalue weighted by Crippen LogP contribution is -2.04. The quantitative estimate of drug-likeness (QED) is 0.589. The molecule has 0 heterocycles. The molecule has 88 valence electrons. The number of alkyl halides is 1. The summed E-state index contributed by atoms with van der Waals surface area (Å²) >= 11 is 3.29. The minimum atomic E-state index is 0.191. The van der Waals surface area contributed by atoms with E-state index in [-0.39, 0.29) is 5.78 Å².